The van der Waals surface area contributed by atoms with E-state index in [1.54, 1.807) is 7.11 Å². The summed E-state index contributed by atoms with van der Waals surface area (Å²) in [6, 6.07) is 17.4. The fourth-order valence-corrected chi connectivity index (χ4v) is 5.03. The number of ether oxygens (including phenoxy) is 1. The first-order chi connectivity index (χ1) is 15.5. The maximum absolute atomic E-state index is 12.8. The van der Waals surface area contributed by atoms with Gasteiger partial charge in [-0.25, -0.2) is 4.98 Å². The number of carbonyl (C=O) groups is 1. The zero-order valence-electron chi connectivity index (χ0n) is 17.8. The summed E-state index contributed by atoms with van der Waals surface area (Å²) in [5, 5.41) is 5.23. The number of hydrogen-bond donors (Lipinski definition) is 2. The van der Waals surface area contributed by atoms with Gasteiger partial charge in [0.1, 0.15) is 16.4 Å². The molecule has 2 aromatic heterocycles. The monoisotopic (exact) mass is 465 g/mol. The Balaban J connectivity index is 1.39. The third-order valence-electron chi connectivity index (χ3n) is 5.02. The molecular formula is C24H23N3O3S2. The predicted molar refractivity (Wildman–Crippen MR) is 131 cm³/mol. The number of hydrogen-bond acceptors (Lipinski definition) is 6. The van der Waals surface area contributed by atoms with Crippen molar-refractivity contribution in [3.05, 3.63) is 81.7 Å². The third kappa shape index (κ3) is 5.03. The van der Waals surface area contributed by atoms with Gasteiger partial charge < -0.3 is 15.0 Å². The quantitative estimate of drug-likeness (QED) is 0.397. The van der Waals surface area contributed by atoms with Crippen LogP contribution in [-0.4, -0.2) is 28.2 Å². The van der Waals surface area contributed by atoms with Gasteiger partial charge in [-0.05, 0) is 30.2 Å². The van der Waals surface area contributed by atoms with Crippen LogP contribution in [0, 0.1) is 0 Å². The van der Waals surface area contributed by atoms with Crippen LogP contribution in [0.3, 0.4) is 0 Å². The number of nitrogens with one attached hydrogen (secondary N) is 2. The van der Waals surface area contributed by atoms with Crippen molar-refractivity contribution in [2.75, 3.05) is 7.11 Å². The molecule has 32 heavy (non-hydrogen) atoms. The highest BCUT2D eigenvalue weighted by molar-refractivity contribution is 7.99. The van der Waals surface area contributed by atoms with Crippen LogP contribution in [0.15, 0.2) is 64.8 Å². The number of methoxy groups -OCH3 is 1. The first-order valence-electron chi connectivity index (χ1n) is 10.1. The molecule has 1 amide bonds. The van der Waals surface area contributed by atoms with Gasteiger partial charge in [0.25, 0.3) is 5.56 Å². The average molecular weight is 466 g/mol. The van der Waals surface area contributed by atoms with Crippen LogP contribution < -0.4 is 15.6 Å². The van der Waals surface area contributed by atoms with E-state index >= 15 is 0 Å². The third-order valence-corrected chi connectivity index (χ3v) is 7.04. The van der Waals surface area contributed by atoms with Gasteiger partial charge in [-0.15, -0.1) is 23.1 Å². The number of thiophene rings is 1. The zero-order valence-corrected chi connectivity index (χ0v) is 19.4. The topological polar surface area (TPSA) is 84.1 Å². The molecule has 4 rings (SSSR count). The largest absolute Gasteiger partial charge is 0.497 e. The first kappa shape index (κ1) is 22.1. The first-order valence-corrected chi connectivity index (χ1v) is 12.1. The molecule has 1 atom stereocenters. The number of carbonyl (C=O) groups excluding carboxylic acids is 1. The Morgan fingerprint density at radius 3 is 2.81 bits per heavy atom. The Morgan fingerprint density at radius 1 is 1.22 bits per heavy atom. The van der Waals surface area contributed by atoms with E-state index in [-0.39, 0.29) is 16.7 Å². The van der Waals surface area contributed by atoms with Crippen molar-refractivity contribution in [1.29, 1.82) is 0 Å². The van der Waals surface area contributed by atoms with E-state index in [4.69, 9.17) is 4.74 Å². The highest BCUT2D eigenvalue weighted by Gasteiger charge is 2.16. The van der Waals surface area contributed by atoms with Crippen LogP contribution in [0.25, 0.3) is 21.3 Å². The summed E-state index contributed by atoms with van der Waals surface area (Å²) in [6.45, 7) is 2.28. The van der Waals surface area contributed by atoms with Crippen molar-refractivity contribution in [2.24, 2.45) is 0 Å². The smallest absolute Gasteiger partial charge is 0.260 e. The molecule has 0 saturated carbocycles. The summed E-state index contributed by atoms with van der Waals surface area (Å²) < 4.78 is 5.21. The molecular weight excluding hydrogens is 442 g/mol. The fraction of sp³-hybridized carbons (Fsp3) is 0.208. The van der Waals surface area contributed by atoms with E-state index in [1.165, 1.54) is 23.1 Å². The van der Waals surface area contributed by atoms with Crippen LogP contribution in [-0.2, 0) is 17.1 Å². The van der Waals surface area contributed by atoms with Crippen molar-refractivity contribution in [3.8, 4) is 16.9 Å². The molecule has 8 heteroatoms. The molecule has 4 aromatic rings. The minimum atomic E-state index is -0.287. The molecule has 0 aliphatic rings. The lowest BCUT2D eigenvalue weighted by Crippen LogP contribution is -2.30. The van der Waals surface area contributed by atoms with Gasteiger partial charge in [-0.1, -0.05) is 42.5 Å². The van der Waals surface area contributed by atoms with Gasteiger partial charge in [0.05, 0.1) is 23.5 Å². The maximum atomic E-state index is 12.8. The van der Waals surface area contributed by atoms with Crippen LogP contribution in [0.2, 0.25) is 0 Å². The second-order valence-corrected chi connectivity index (χ2v) is 9.42. The predicted octanol–water partition coefficient (Wildman–Crippen LogP) is 4.60. The minimum absolute atomic E-state index is 0.0660. The number of thioether (sulfide) groups is 1. The van der Waals surface area contributed by atoms with Crippen LogP contribution in [0.1, 0.15) is 18.3 Å². The number of fused-ring (bicyclic) bond motifs is 1. The van der Waals surface area contributed by atoms with E-state index in [1.807, 2.05) is 66.9 Å². The number of nitrogens with zero attached hydrogens (tertiary/aromatic N) is 1. The Labute approximate surface area is 194 Å². The molecule has 2 aromatic carbocycles. The number of rotatable bonds is 8. The lowest BCUT2D eigenvalue weighted by atomic mass is 10.1. The average Bonchev–Trinajstić information content (AvgIpc) is 3.26. The summed E-state index contributed by atoms with van der Waals surface area (Å²) >= 11 is 2.89. The second-order valence-electron chi connectivity index (χ2n) is 7.23. The van der Waals surface area contributed by atoms with Crippen molar-refractivity contribution in [1.82, 2.24) is 15.3 Å². The van der Waals surface area contributed by atoms with Crippen LogP contribution in [0.5, 0.6) is 5.75 Å². The number of H-pyrrole nitrogens is 1. The van der Waals surface area contributed by atoms with Gasteiger partial charge in [0, 0.05) is 17.5 Å². The summed E-state index contributed by atoms with van der Waals surface area (Å²) in [6.07, 6.45) is 0. The number of aromatic amines is 1. The maximum Gasteiger partial charge on any atom is 0.260 e. The van der Waals surface area contributed by atoms with Gasteiger partial charge in [0.2, 0.25) is 5.91 Å². The van der Waals surface area contributed by atoms with E-state index in [0.29, 0.717) is 28.3 Å². The molecule has 1 unspecified atom stereocenters. The van der Waals surface area contributed by atoms with E-state index in [9.17, 15) is 9.59 Å². The molecule has 0 aliphatic carbocycles. The van der Waals surface area contributed by atoms with E-state index < -0.39 is 0 Å². The molecule has 164 valence electrons. The molecule has 0 spiro atoms. The van der Waals surface area contributed by atoms with Crippen molar-refractivity contribution in [2.45, 2.75) is 24.5 Å². The van der Waals surface area contributed by atoms with Gasteiger partial charge in [0.15, 0.2) is 0 Å². The molecule has 0 bridgehead atoms. The van der Waals surface area contributed by atoms with Crippen molar-refractivity contribution >= 4 is 39.2 Å². The summed E-state index contributed by atoms with van der Waals surface area (Å²) in [4.78, 5) is 33.4. The second kappa shape index (κ2) is 10.0. The zero-order chi connectivity index (χ0) is 22.5. The highest BCUT2D eigenvalue weighted by atomic mass is 32.2. The Bertz CT molecular complexity index is 1280. The Hall–Kier alpha value is -3.10. The minimum Gasteiger partial charge on any atom is -0.497 e. The molecule has 0 fully saturated rings. The Morgan fingerprint density at radius 2 is 2.03 bits per heavy atom. The fourth-order valence-electron chi connectivity index (χ4n) is 3.29. The normalized spacial score (nSPS) is 11.9. The number of benzene rings is 2. The van der Waals surface area contributed by atoms with E-state index in [2.05, 4.69) is 15.3 Å². The molecule has 6 nitrogen and oxygen atoms in total. The lowest BCUT2D eigenvalue weighted by Gasteiger charge is -2.12. The molecule has 2 heterocycles. The van der Waals surface area contributed by atoms with Crippen molar-refractivity contribution < 1.29 is 9.53 Å². The number of amides is 1. The molecule has 0 aliphatic heterocycles. The van der Waals surface area contributed by atoms with Gasteiger partial charge >= 0.3 is 0 Å². The SMILES string of the molecule is COc1cccc(CNC(=O)C(C)SCc2nc3scc(-c4ccccc4)c3c(=O)[nH]2)c1. The summed E-state index contributed by atoms with van der Waals surface area (Å²) in [7, 11) is 1.62. The van der Waals surface area contributed by atoms with E-state index in [0.717, 1.165) is 22.4 Å². The van der Waals surface area contributed by atoms with Crippen LogP contribution >= 0.6 is 23.1 Å². The standard InChI is InChI=1S/C24H23N3O3S2/c1-15(22(28)25-12-16-7-6-10-18(11-16)30-2)31-14-20-26-23(29)21-19(13-32-24(21)27-20)17-8-4-3-5-9-17/h3-11,13,15H,12,14H2,1-2H3,(H,25,28)(H,26,27,29). The highest BCUT2D eigenvalue weighted by Crippen LogP contribution is 2.30. The number of aromatic nitrogens is 2. The van der Waals surface area contributed by atoms with Crippen LogP contribution in [0.4, 0.5) is 0 Å². The molecule has 2 N–H and O–H groups in total. The summed E-state index contributed by atoms with van der Waals surface area (Å²) in [5.74, 6) is 1.70. The van der Waals surface area contributed by atoms with Gasteiger partial charge in [-0.3, -0.25) is 9.59 Å². The molecule has 0 saturated heterocycles. The van der Waals surface area contributed by atoms with Gasteiger partial charge in [-0.2, -0.15) is 0 Å². The lowest BCUT2D eigenvalue weighted by molar-refractivity contribution is -0.120. The Kier molecular flexibility index (Phi) is 6.92. The van der Waals surface area contributed by atoms with Crippen molar-refractivity contribution in [3.63, 3.8) is 0 Å². The summed E-state index contributed by atoms with van der Waals surface area (Å²) in [5.41, 5.74) is 2.71. The molecule has 0 radical (unpaired) electrons.